The van der Waals surface area contributed by atoms with Crippen LogP contribution in [0.4, 0.5) is 0 Å². The number of hydrogen-bond donors (Lipinski definition) is 2. The standard InChI is InChI=1S/C12H27NO2/c1-5-12(6-2,7-8-14)10-13-11(3)9-15-4/h11,13-14H,5-10H2,1-4H3. The van der Waals surface area contributed by atoms with Crippen molar-refractivity contribution in [1.82, 2.24) is 5.32 Å². The summed E-state index contributed by atoms with van der Waals surface area (Å²) in [6.07, 6.45) is 3.10. The fraction of sp³-hybridized carbons (Fsp3) is 1.00. The first-order valence-electron chi connectivity index (χ1n) is 5.97. The van der Waals surface area contributed by atoms with Gasteiger partial charge in [0, 0.05) is 26.3 Å². The molecule has 0 saturated heterocycles. The average molecular weight is 217 g/mol. The van der Waals surface area contributed by atoms with Crippen molar-refractivity contribution < 1.29 is 9.84 Å². The van der Waals surface area contributed by atoms with Gasteiger partial charge in [0.2, 0.25) is 0 Å². The number of aliphatic hydroxyl groups is 1. The van der Waals surface area contributed by atoms with Gasteiger partial charge >= 0.3 is 0 Å². The third kappa shape index (κ3) is 5.50. The van der Waals surface area contributed by atoms with Crippen LogP contribution in [0.25, 0.3) is 0 Å². The maximum atomic E-state index is 9.08. The molecule has 0 radical (unpaired) electrons. The topological polar surface area (TPSA) is 41.5 Å². The van der Waals surface area contributed by atoms with Gasteiger partial charge < -0.3 is 15.2 Å². The van der Waals surface area contributed by atoms with Gasteiger partial charge in [-0.05, 0) is 31.6 Å². The molecule has 92 valence electrons. The molecule has 0 aliphatic heterocycles. The van der Waals surface area contributed by atoms with Crippen LogP contribution in [0.3, 0.4) is 0 Å². The van der Waals surface area contributed by atoms with Gasteiger partial charge in [-0.3, -0.25) is 0 Å². The fourth-order valence-electron chi connectivity index (χ4n) is 1.88. The van der Waals surface area contributed by atoms with Gasteiger partial charge in [0.05, 0.1) is 6.61 Å². The smallest absolute Gasteiger partial charge is 0.0613 e. The molecule has 0 spiro atoms. The molecule has 0 aromatic heterocycles. The van der Waals surface area contributed by atoms with Gasteiger partial charge in [-0.1, -0.05) is 13.8 Å². The van der Waals surface area contributed by atoms with Gasteiger partial charge in [0.15, 0.2) is 0 Å². The van der Waals surface area contributed by atoms with Gasteiger partial charge in [0.1, 0.15) is 0 Å². The van der Waals surface area contributed by atoms with Crippen LogP contribution >= 0.6 is 0 Å². The molecule has 0 aromatic rings. The van der Waals surface area contributed by atoms with E-state index in [4.69, 9.17) is 9.84 Å². The van der Waals surface area contributed by atoms with Crippen LogP contribution in [0.15, 0.2) is 0 Å². The highest BCUT2D eigenvalue weighted by atomic mass is 16.5. The predicted molar refractivity (Wildman–Crippen MR) is 64.1 cm³/mol. The summed E-state index contributed by atoms with van der Waals surface area (Å²) in [5.74, 6) is 0. The number of ether oxygens (including phenoxy) is 1. The third-order valence-corrected chi connectivity index (χ3v) is 3.38. The first-order chi connectivity index (χ1) is 7.14. The Morgan fingerprint density at radius 1 is 1.33 bits per heavy atom. The summed E-state index contributed by atoms with van der Waals surface area (Å²) in [4.78, 5) is 0. The first-order valence-corrected chi connectivity index (χ1v) is 5.97. The van der Waals surface area contributed by atoms with E-state index in [9.17, 15) is 0 Å². The van der Waals surface area contributed by atoms with Crippen LogP contribution in [0.2, 0.25) is 0 Å². The Morgan fingerprint density at radius 2 is 1.93 bits per heavy atom. The lowest BCUT2D eigenvalue weighted by Gasteiger charge is -2.32. The lowest BCUT2D eigenvalue weighted by molar-refractivity contribution is 0.137. The van der Waals surface area contributed by atoms with E-state index in [1.54, 1.807) is 7.11 Å². The van der Waals surface area contributed by atoms with Gasteiger partial charge in [-0.25, -0.2) is 0 Å². The highest BCUT2D eigenvalue weighted by molar-refractivity contribution is 4.80. The monoisotopic (exact) mass is 217 g/mol. The SMILES string of the molecule is CCC(CC)(CCO)CNC(C)COC. The Kier molecular flexibility index (Phi) is 8.02. The lowest BCUT2D eigenvalue weighted by atomic mass is 9.79. The number of methoxy groups -OCH3 is 1. The average Bonchev–Trinajstić information content (AvgIpc) is 2.25. The summed E-state index contributed by atoms with van der Waals surface area (Å²) in [6.45, 7) is 8.50. The Morgan fingerprint density at radius 3 is 2.33 bits per heavy atom. The molecule has 2 N–H and O–H groups in total. The zero-order chi connectivity index (χ0) is 11.7. The predicted octanol–water partition coefficient (Wildman–Crippen LogP) is 1.80. The van der Waals surface area contributed by atoms with Crippen LogP contribution < -0.4 is 5.32 Å². The zero-order valence-corrected chi connectivity index (χ0v) is 10.7. The van der Waals surface area contributed by atoms with Crippen LogP contribution in [0, 0.1) is 5.41 Å². The van der Waals surface area contributed by atoms with E-state index in [-0.39, 0.29) is 12.0 Å². The molecule has 0 bridgehead atoms. The molecule has 0 fully saturated rings. The molecular formula is C12H27NO2. The maximum Gasteiger partial charge on any atom is 0.0613 e. The molecule has 0 aliphatic carbocycles. The maximum absolute atomic E-state index is 9.08. The highest BCUT2D eigenvalue weighted by Gasteiger charge is 2.25. The largest absolute Gasteiger partial charge is 0.396 e. The van der Waals surface area contributed by atoms with Crippen molar-refractivity contribution >= 4 is 0 Å². The molecule has 0 saturated carbocycles. The van der Waals surface area contributed by atoms with E-state index >= 15 is 0 Å². The second-order valence-electron chi connectivity index (χ2n) is 4.42. The summed E-state index contributed by atoms with van der Waals surface area (Å²) in [6, 6.07) is 0.381. The Labute approximate surface area is 94.2 Å². The van der Waals surface area contributed by atoms with Crippen molar-refractivity contribution in [1.29, 1.82) is 0 Å². The van der Waals surface area contributed by atoms with Crippen molar-refractivity contribution in [2.75, 3.05) is 26.9 Å². The number of aliphatic hydroxyl groups excluding tert-OH is 1. The van der Waals surface area contributed by atoms with Crippen LogP contribution in [0.5, 0.6) is 0 Å². The summed E-state index contributed by atoms with van der Waals surface area (Å²) in [5.41, 5.74) is 0.247. The summed E-state index contributed by atoms with van der Waals surface area (Å²) < 4.78 is 5.08. The minimum absolute atomic E-state index is 0.247. The van der Waals surface area contributed by atoms with E-state index in [1.165, 1.54) is 0 Å². The Hall–Kier alpha value is -0.120. The third-order valence-electron chi connectivity index (χ3n) is 3.38. The van der Waals surface area contributed by atoms with Crippen LogP contribution in [0.1, 0.15) is 40.0 Å². The zero-order valence-electron chi connectivity index (χ0n) is 10.7. The minimum Gasteiger partial charge on any atom is -0.396 e. The van der Waals surface area contributed by atoms with Gasteiger partial charge in [-0.15, -0.1) is 0 Å². The molecular weight excluding hydrogens is 190 g/mol. The second-order valence-corrected chi connectivity index (χ2v) is 4.42. The molecule has 0 rings (SSSR count). The summed E-state index contributed by atoms with van der Waals surface area (Å²) in [5, 5.41) is 12.6. The van der Waals surface area contributed by atoms with Gasteiger partial charge in [-0.2, -0.15) is 0 Å². The van der Waals surface area contributed by atoms with Crippen molar-refractivity contribution in [3.63, 3.8) is 0 Å². The lowest BCUT2D eigenvalue weighted by Crippen LogP contribution is -2.40. The van der Waals surface area contributed by atoms with E-state index in [0.29, 0.717) is 6.04 Å². The molecule has 3 nitrogen and oxygen atoms in total. The van der Waals surface area contributed by atoms with Crippen molar-refractivity contribution in [3.05, 3.63) is 0 Å². The highest BCUT2D eigenvalue weighted by Crippen LogP contribution is 2.29. The summed E-state index contributed by atoms with van der Waals surface area (Å²) in [7, 11) is 1.72. The summed E-state index contributed by atoms with van der Waals surface area (Å²) >= 11 is 0. The number of hydrogen-bond acceptors (Lipinski definition) is 3. The fourth-order valence-corrected chi connectivity index (χ4v) is 1.88. The first kappa shape index (κ1) is 14.9. The molecule has 0 aromatic carbocycles. The molecule has 3 heteroatoms. The molecule has 15 heavy (non-hydrogen) atoms. The molecule has 0 heterocycles. The molecule has 1 unspecified atom stereocenters. The van der Waals surface area contributed by atoms with E-state index in [2.05, 4.69) is 26.1 Å². The normalized spacial score (nSPS) is 14.2. The van der Waals surface area contributed by atoms with E-state index in [1.807, 2.05) is 0 Å². The number of rotatable bonds is 9. The molecule has 0 aliphatic rings. The minimum atomic E-state index is 0.247. The van der Waals surface area contributed by atoms with Crippen molar-refractivity contribution in [2.24, 2.45) is 5.41 Å². The van der Waals surface area contributed by atoms with Crippen LogP contribution in [-0.4, -0.2) is 38.0 Å². The van der Waals surface area contributed by atoms with E-state index in [0.717, 1.165) is 32.4 Å². The second kappa shape index (κ2) is 8.08. The molecule has 0 amide bonds. The van der Waals surface area contributed by atoms with Crippen LogP contribution in [-0.2, 0) is 4.74 Å². The Bertz CT molecular complexity index is 147. The van der Waals surface area contributed by atoms with Crippen molar-refractivity contribution in [3.8, 4) is 0 Å². The molecule has 1 atom stereocenters. The van der Waals surface area contributed by atoms with Crippen molar-refractivity contribution in [2.45, 2.75) is 46.1 Å². The Balaban J connectivity index is 4.04. The quantitative estimate of drug-likeness (QED) is 0.619. The number of nitrogens with one attached hydrogen (secondary N) is 1. The van der Waals surface area contributed by atoms with E-state index < -0.39 is 0 Å². The van der Waals surface area contributed by atoms with Gasteiger partial charge in [0.25, 0.3) is 0 Å².